The Hall–Kier alpha value is -2.82. The van der Waals surface area contributed by atoms with E-state index in [9.17, 15) is 4.79 Å². The normalized spacial score (nSPS) is 9.80. The summed E-state index contributed by atoms with van der Waals surface area (Å²) in [4.78, 5) is 17.2. The Morgan fingerprint density at radius 2 is 1.35 bits per heavy atom. The third-order valence-corrected chi connectivity index (χ3v) is 2.68. The Morgan fingerprint density at radius 3 is 1.75 bits per heavy atom. The molecule has 0 heterocycles. The number of amides is 1. The lowest BCUT2D eigenvalue weighted by Gasteiger charge is -2.23. The zero-order valence-electron chi connectivity index (χ0n) is 10.9. The van der Waals surface area contributed by atoms with Crippen LogP contribution in [0.25, 0.3) is 0 Å². The SMILES string of the molecule is NC(N)=NC(=O)CN(c1ccccc1)c1ccccc1. The summed E-state index contributed by atoms with van der Waals surface area (Å²) < 4.78 is 0. The van der Waals surface area contributed by atoms with Gasteiger partial charge in [0, 0.05) is 11.4 Å². The molecule has 5 nitrogen and oxygen atoms in total. The molecule has 2 aromatic rings. The van der Waals surface area contributed by atoms with Crippen LogP contribution in [0.2, 0.25) is 0 Å². The average molecular weight is 268 g/mol. The van der Waals surface area contributed by atoms with E-state index in [-0.39, 0.29) is 12.5 Å². The maximum Gasteiger partial charge on any atom is 0.268 e. The average Bonchev–Trinajstić information content (AvgIpc) is 2.46. The molecule has 0 atom stereocenters. The summed E-state index contributed by atoms with van der Waals surface area (Å²) in [5.74, 6) is -0.617. The van der Waals surface area contributed by atoms with Crippen LogP contribution < -0.4 is 16.4 Å². The minimum Gasteiger partial charge on any atom is -0.370 e. The fraction of sp³-hybridized carbons (Fsp3) is 0.0667. The molecule has 0 bridgehead atoms. The van der Waals surface area contributed by atoms with Gasteiger partial charge in [0.05, 0.1) is 0 Å². The van der Waals surface area contributed by atoms with Gasteiger partial charge in [-0.1, -0.05) is 36.4 Å². The molecule has 20 heavy (non-hydrogen) atoms. The van der Waals surface area contributed by atoms with Crippen molar-refractivity contribution in [2.45, 2.75) is 0 Å². The fourth-order valence-corrected chi connectivity index (χ4v) is 1.86. The van der Waals surface area contributed by atoms with E-state index in [1.807, 2.05) is 65.6 Å². The second-order valence-electron chi connectivity index (χ2n) is 4.19. The van der Waals surface area contributed by atoms with Crippen LogP contribution in [0.4, 0.5) is 11.4 Å². The van der Waals surface area contributed by atoms with Gasteiger partial charge >= 0.3 is 0 Å². The fourth-order valence-electron chi connectivity index (χ4n) is 1.86. The van der Waals surface area contributed by atoms with Crippen molar-refractivity contribution in [2.75, 3.05) is 11.4 Å². The molecular weight excluding hydrogens is 252 g/mol. The first-order chi connectivity index (χ1) is 9.66. The lowest BCUT2D eigenvalue weighted by molar-refractivity contribution is -0.116. The summed E-state index contributed by atoms with van der Waals surface area (Å²) in [6.07, 6.45) is 0. The van der Waals surface area contributed by atoms with Gasteiger partial charge in [0.25, 0.3) is 5.91 Å². The molecule has 0 aliphatic heterocycles. The molecule has 2 rings (SSSR count). The summed E-state index contributed by atoms with van der Waals surface area (Å²) in [7, 11) is 0. The zero-order chi connectivity index (χ0) is 14.4. The second kappa shape index (κ2) is 6.38. The predicted molar refractivity (Wildman–Crippen MR) is 80.7 cm³/mol. The Morgan fingerprint density at radius 1 is 0.900 bits per heavy atom. The molecule has 0 fully saturated rings. The minimum atomic E-state index is -0.391. The van der Waals surface area contributed by atoms with E-state index in [0.717, 1.165) is 11.4 Å². The Kier molecular flexibility index (Phi) is 4.34. The highest BCUT2D eigenvalue weighted by molar-refractivity contribution is 5.94. The van der Waals surface area contributed by atoms with Crippen LogP contribution in [0.15, 0.2) is 65.7 Å². The van der Waals surface area contributed by atoms with Gasteiger partial charge in [-0.25, -0.2) is 0 Å². The highest BCUT2D eigenvalue weighted by atomic mass is 16.1. The van der Waals surface area contributed by atoms with E-state index in [0.29, 0.717) is 0 Å². The number of carbonyl (C=O) groups excluding carboxylic acids is 1. The van der Waals surface area contributed by atoms with E-state index in [1.54, 1.807) is 0 Å². The lowest BCUT2D eigenvalue weighted by Crippen LogP contribution is -2.29. The molecule has 0 unspecified atom stereocenters. The van der Waals surface area contributed by atoms with E-state index < -0.39 is 5.91 Å². The van der Waals surface area contributed by atoms with Crippen LogP contribution in [0.1, 0.15) is 0 Å². The summed E-state index contributed by atoms with van der Waals surface area (Å²) >= 11 is 0. The summed E-state index contributed by atoms with van der Waals surface area (Å²) in [6, 6.07) is 19.2. The summed E-state index contributed by atoms with van der Waals surface area (Å²) in [5, 5.41) is 0. The number of aliphatic imine (C=N–C) groups is 1. The number of hydrogen-bond acceptors (Lipinski definition) is 2. The van der Waals surface area contributed by atoms with Crippen molar-refractivity contribution in [3.8, 4) is 0 Å². The Balaban J connectivity index is 2.31. The molecule has 4 N–H and O–H groups in total. The lowest BCUT2D eigenvalue weighted by atomic mass is 10.2. The molecular formula is C15H16N4O. The van der Waals surface area contributed by atoms with Crippen molar-refractivity contribution in [1.82, 2.24) is 0 Å². The number of rotatable bonds is 4. The van der Waals surface area contributed by atoms with Crippen molar-refractivity contribution < 1.29 is 4.79 Å². The van der Waals surface area contributed by atoms with Crippen LogP contribution in [0.3, 0.4) is 0 Å². The van der Waals surface area contributed by atoms with Gasteiger partial charge in [-0.05, 0) is 24.3 Å². The van der Waals surface area contributed by atoms with Crippen molar-refractivity contribution in [3.63, 3.8) is 0 Å². The monoisotopic (exact) mass is 268 g/mol. The first-order valence-electron chi connectivity index (χ1n) is 6.17. The van der Waals surface area contributed by atoms with E-state index in [1.165, 1.54) is 0 Å². The third kappa shape index (κ3) is 3.58. The van der Waals surface area contributed by atoms with Gasteiger partial charge in [0.2, 0.25) is 0 Å². The Bertz CT molecular complexity index is 552. The minimum absolute atomic E-state index is 0.0753. The largest absolute Gasteiger partial charge is 0.370 e. The maximum atomic E-state index is 11.8. The summed E-state index contributed by atoms with van der Waals surface area (Å²) in [6.45, 7) is 0.0753. The number of nitrogens with two attached hydrogens (primary N) is 2. The van der Waals surface area contributed by atoms with Gasteiger partial charge < -0.3 is 16.4 Å². The van der Waals surface area contributed by atoms with Gasteiger partial charge in [-0.2, -0.15) is 4.99 Å². The first-order valence-corrected chi connectivity index (χ1v) is 6.17. The molecule has 0 spiro atoms. The highest BCUT2D eigenvalue weighted by Gasteiger charge is 2.13. The number of hydrogen-bond donors (Lipinski definition) is 2. The quantitative estimate of drug-likeness (QED) is 0.652. The van der Waals surface area contributed by atoms with Crippen molar-refractivity contribution in [1.29, 1.82) is 0 Å². The molecule has 0 radical (unpaired) electrons. The van der Waals surface area contributed by atoms with Gasteiger partial charge in [0.1, 0.15) is 6.54 Å². The van der Waals surface area contributed by atoms with Gasteiger partial charge in [-0.15, -0.1) is 0 Å². The molecule has 1 amide bonds. The number of nitrogens with zero attached hydrogens (tertiary/aromatic N) is 2. The van der Waals surface area contributed by atoms with E-state index in [2.05, 4.69) is 4.99 Å². The number of guanidine groups is 1. The molecule has 5 heteroatoms. The second-order valence-corrected chi connectivity index (χ2v) is 4.19. The van der Waals surface area contributed by atoms with E-state index >= 15 is 0 Å². The highest BCUT2D eigenvalue weighted by Crippen LogP contribution is 2.24. The number of anilines is 2. The predicted octanol–water partition coefficient (Wildman–Crippen LogP) is 1.62. The van der Waals surface area contributed by atoms with Crippen LogP contribution in [0, 0.1) is 0 Å². The smallest absolute Gasteiger partial charge is 0.268 e. The molecule has 0 saturated carbocycles. The molecule has 0 aliphatic carbocycles. The van der Waals surface area contributed by atoms with E-state index in [4.69, 9.17) is 11.5 Å². The molecule has 0 saturated heterocycles. The number of benzene rings is 2. The molecule has 0 aromatic heterocycles. The van der Waals surface area contributed by atoms with Gasteiger partial charge in [0.15, 0.2) is 5.96 Å². The molecule has 2 aromatic carbocycles. The third-order valence-electron chi connectivity index (χ3n) is 2.68. The van der Waals surface area contributed by atoms with Crippen molar-refractivity contribution in [2.24, 2.45) is 16.5 Å². The number of para-hydroxylation sites is 2. The van der Waals surface area contributed by atoms with Gasteiger partial charge in [-0.3, -0.25) is 4.79 Å². The summed E-state index contributed by atoms with van der Waals surface area (Å²) in [5.41, 5.74) is 12.3. The van der Waals surface area contributed by atoms with Crippen LogP contribution in [0.5, 0.6) is 0 Å². The maximum absolute atomic E-state index is 11.8. The van der Waals surface area contributed by atoms with Crippen LogP contribution >= 0.6 is 0 Å². The Labute approximate surface area is 117 Å². The van der Waals surface area contributed by atoms with Crippen LogP contribution in [-0.2, 0) is 4.79 Å². The molecule has 102 valence electrons. The van der Waals surface area contributed by atoms with Crippen molar-refractivity contribution >= 4 is 23.2 Å². The molecule has 0 aliphatic rings. The van der Waals surface area contributed by atoms with Crippen molar-refractivity contribution in [3.05, 3.63) is 60.7 Å². The first kappa shape index (κ1) is 13.6. The zero-order valence-corrected chi connectivity index (χ0v) is 10.9. The standard InChI is InChI=1S/C15H16N4O/c16-15(17)18-14(20)11-19(12-7-3-1-4-8-12)13-9-5-2-6-10-13/h1-10H,11H2,(H4,16,17,18,20). The topological polar surface area (TPSA) is 84.7 Å². The van der Waals surface area contributed by atoms with Crippen LogP contribution in [-0.4, -0.2) is 18.4 Å². The number of carbonyl (C=O) groups is 1.